The third-order valence-corrected chi connectivity index (χ3v) is 2.22. The smallest absolute Gasteiger partial charge is 0.244 e. The highest BCUT2D eigenvalue weighted by atomic mass is 16.5. The molecule has 0 saturated heterocycles. The summed E-state index contributed by atoms with van der Waals surface area (Å²) in [6.45, 7) is 6.46. The van der Waals surface area contributed by atoms with E-state index in [0.717, 1.165) is 0 Å². The summed E-state index contributed by atoms with van der Waals surface area (Å²) in [4.78, 5) is 17.4. The van der Waals surface area contributed by atoms with Crippen LogP contribution in [0, 0.1) is 0 Å². The first-order chi connectivity index (χ1) is 8.19. The summed E-state index contributed by atoms with van der Waals surface area (Å²) in [7, 11) is 1.61. The van der Waals surface area contributed by atoms with E-state index in [-0.39, 0.29) is 12.5 Å². The first-order valence-corrected chi connectivity index (χ1v) is 5.71. The molecule has 0 unspecified atom stereocenters. The number of nitrogens with one attached hydrogen (secondary N) is 2. The maximum atomic E-state index is 11.7. The van der Waals surface area contributed by atoms with Gasteiger partial charge in [-0.15, -0.1) is 0 Å². The van der Waals surface area contributed by atoms with Crippen molar-refractivity contribution < 1.29 is 9.53 Å². The highest BCUT2D eigenvalue weighted by molar-refractivity contribution is 5.84. The van der Waals surface area contributed by atoms with Crippen LogP contribution in [0.15, 0.2) is 4.99 Å². The van der Waals surface area contributed by atoms with Gasteiger partial charge in [-0.25, -0.2) is 10.8 Å². The van der Waals surface area contributed by atoms with Gasteiger partial charge in [-0.2, -0.15) is 0 Å². The van der Waals surface area contributed by atoms with Crippen molar-refractivity contribution in [2.45, 2.75) is 13.8 Å². The predicted molar refractivity (Wildman–Crippen MR) is 67.4 cm³/mol. The van der Waals surface area contributed by atoms with Crippen LogP contribution in [0.5, 0.6) is 0 Å². The number of amides is 1. The van der Waals surface area contributed by atoms with E-state index < -0.39 is 0 Å². The normalized spacial score (nSPS) is 11.2. The number of methoxy groups -OCH3 is 1. The van der Waals surface area contributed by atoms with Gasteiger partial charge >= 0.3 is 0 Å². The lowest BCUT2D eigenvalue weighted by Gasteiger charge is -2.17. The molecule has 0 aliphatic rings. The zero-order valence-corrected chi connectivity index (χ0v) is 10.8. The molecular formula is C10H23N5O2. The van der Waals surface area contributed by atoms with E-state index in [9.17, 15) is 4.79 Å². The number of carbonyl (C=O) groups excluding carboxylic acids is 1. The highest BCUT2D eigenvalue weighted by Gasteiger charge is 2.08. The molecule has 0 fully saturated rings. The summed E-state index contributed by atoms with van der Waals surface area (Å²) in [6, 6.07) is 0. The zero-order valence-electron chi connectivity index (χ0n) is 10.8. The summed E-state index contributed by atoms with van der Waals surface area (Å²) < 4.78 is 4.87. The van der Waals surface area contributed by atoms with Crippen LogP contribution in [0.25, 0.3) is 0 Å². The Kier molecular flexibility index (Phi) is 9.08. The van der Waals surface area contributed by atoms with Crippen LogP contribution in [-0.4, -0.2) is 56.7 Å². The van der Waals surface area contributed by atoms with Crippen molar-refractivity contribution in [2.75, 3.05) is 39.9 Å². The molecule has 0 heterocycles. The van der Waals surface area contributed by atoms with Crippen LogP contribution in [-0.2, 0) is 9.53 Å². The van der Waals surface area contributed by atoms with Crippen LogP contribution in [0.2, 0.25) is 0 Å². The van der Waals surface area contributed by atoms with E-state index in [1.165, 1.54) is 0 Å². The van der Waals surface area contributed by atoms with Gasteiger partial charge in [-0.3, -0.25) is 10.2 Å². The van der Waals surface area contributed by atoms with Gasteiger partial charge in [-0.1, -0.05) is 0 Å². The van der Waals surface area contributed by atoms with E-state index in [1.54, 1.807) is 12.0 Å². The van der Waals surface area contributed by atoms with Crippen molar-refractivity contribution in [3.63, 3.8) is 0 Å². The Labute approximate surface area is 102 Å². The van der Waals surface area contributed by atoms with Crippen LogP contribution >= 0.6 is 0 Å². The summed E-state index contributed by atoms with van der Waals surface area (Å²) in [6.07, 6.45) is 0. The minimum Gasteiger partial charge on any atom is -0.383 e. The quantitative estimate of drug-likeness (QED) is 0.174. The van der Waals surface area contributed by atoms with Gasteiger partial charge in [0.05, 0.1) is 6.61 Å². The topological polar surface area (TPSA) is 92.0 Å². The van der Waals surface area contributed by atoms with Gasteiger partial charge in [-0.05, 0) is 13.8 Å². The minimum absolute atomic E-state index is 0.0173. The lowest BCUT2D eigenvalue weighted by atomic mass is 10.4. The molecule has 0 aromatic carbocycles. The average Bonchev–Trinajstić information content (AvgIpc) is 2.35. The molecule has 0 atom stereocenters. The summed E-state index contributed by atoms with van der Waals surface area (Å²) >= 11 is 0. The molecular weight excluding hydrogens is 222 g/mol. The van der Waals surface area contributed by atoms with Crippen LogP contribution in [0.4, 0.5) is 0 Å². The van der Waals surface area contributed by atoms with E-state index in [2.05, 4.69) is 15.7 Å². The van der Waals surface area contributed by atoms with Crippen molar-refractivity contribution >= 4 is 11.9 Å². The second-order valence-corrected chi connectivity index (χ2v) is 3.29. The fourth-order valence-corrected chi connectivity index (χ4v) is 1.25. The number of hydrogen-bond acceptors (Lipinski definition) is 4. The SMILES string of the molecule is CCN(CC)C(=O)CN=C(NN)NCCOC. The van der Waals surface area contributed by atoms with Crippen molar-refractivity contribution in [1.29, 1.82) is 0 Å². The molecule has 1 amide bonds. The number of carbonyl (C=O) groups is 1. The molecule has 0 aromatic rings. The Morgan fingerprint density at radius 1 is 1.41 bits per heavy atom. The van der Waals surface area contributed by atoms with E-state index >= 15 is 0 Å². The van der Waals surface area contributed by atoms with Gasteiger partial charge in [0.1, 0.15) is 6.54 Å². The first-order valence-electron chi connectivity index (χ1n) is 5.71. The third kappa shape index (κ3) is 6.75. The number of likely N-dealkylation sites (N-methyl/N-ethyl adjacent to an activating group) is 1. The fourth-order valence-electron chi connectivity index (χ4n) is 1.25. The molecule has 0 aromatic heterocycles. The largest absolute Gasteiger partial charge is 0.383 e. The molecule has 100 valence electrons. The molecule has 0 rings (SSSR count). The van der Waals surface area contributed by atoms with Crippen molar-refractivity contribution in [1.82, 2.24) is 15.6 Å². The highest BCUT2D eigenvalue weighted by Crippen LogP contribution is 1.89. The number of nitrogens with two attached hydrogens (primary N) is 1. The van der Waals surface area contributed by atoms with Crippen molar-refractivity contribution in [3.05, 3.63) is 0 Å². The fraction of sp³-hybridized carbons (Fsp3) is 0.800. The van der Waals surface area contributed by atoms with E-state index in [1.807, 2.05) is 13.8 Å². The van der Waals surface area contributed by atoms with E-state index in [4.69, 9.17) is 10.6 Å². The molecule has 0 spiro atoms. The van der Waals surface area contributed by atoms with Crippen molar-refractivity contribution in [3.8, 4) is 0 Å². The molecule has 0 saturated carbocycles. The predicted octanol–water partition coefficient (Wildman–Crippen LogP) is -1.09. The van der Waals surface area contributed by atoms with Crippen LogP contribution < -0.4 is 16.6 Å². The second kappa shape index (κ2) is 9.86. The Balaban J connectivity index is 4.11. The Bertz CT molecular complexity index is 241. The maximum absolute atomic E-state index is 11.7. The number of hydrazine groups is 1. The number of guanidine groups is 1. The second-order valence-electron chi connectivity index (χ2n) is 3.29. The minimum atomic E-state index is -0.0173. The summed E-state index contributed by atoms with van der Waals surface area (Å²) in [5.41, 5.74) is 2.40. The Morgan fingerprint density at radius 2 is 2.06 bits per heavy atom. The molecule has 7 nitrogen and oxygen atoms in total. The molecule has 0 aliphatic heterocycles. The summed E-state index contributed by atoms with van der Waals surface area (Å²) in [5.74, 6) is 5.65. The Morgan fingerprint density at radius 3 is 2.53 bits per heavy atom. The molecule has 0 bridgehead atoms. The molecule has 4 N–H and O–H groups in total. The van der Waals surface area contributed by atoms with Gasteiger partial charge in [0.25, 0.3) is 0 Å². The lowest BCUT2D eigenvalue weighted by Crippen LogP contribution is -2.43. The van der Waals surface area contributed by atoms with Gasteiger partial charge in [0.2, 0.25) is 11.9 Å². The number of hydrogen-bond donors (Lipinski definition) is 3. The summed E-state index contributed by atoms with van der Waals surface area (Å²) in [5, 5.41) is 2.92. The maximum Gasteiger partial charge on any atom is 0.244 e. The number of aliphatic imine (C=N–C) groups is 1. The van der Waals surface area contributed by atoms with Gasteiger partial charge < -0.3 is 15.0 Å². The first kappa shape index (κ1) is 15.7. The standard InChI is InChI=1S/C10H23N5O2/c1-4-15(5-2)9(16)8-13-10(14-11)12-6-7-17-3/h4-8,11H2,1-3H3,(H2,12,13,14). The van der Waals surface area contributed by atoms with Gasteiger partial charge in [0, 0.05) is 26.7 Å². The lowest BCUT2D eigenvalue weighted by molar-refractivity contribution is -0.129. The van der Waals surface area contributed by atoms with Gasteiger partial charge in [0.15, 0.2) is 0 Å². The van der Waals surface area contributed by atoms with Crippen LogP contribution in [0.1, 0.15) is 13.8 Å². The number of ether oxygens (including phenoxy) is 1. The number of nitrogens with zero attached hydrogens (tertiary/aromatic N) is 2. The van der Waals surface area contributed by atoms with Crippen molar-refractivity contribution in [2.24, 2.45) is 10.8 Å². The van der Waals surface area contributed by atoms with Crippen LogP contribution in [0.3, 0.4) is 0 Å². The molecule has 0 aliphatic carbocycles. The Hall–Kier alpha value is -1.34. The monoisotopic (exact) mass is 245 g/mol. The number of rotatable bonds is 7. The molecule has 7 heteroatoms. The average molecular weight is 245 g/mol. The van der Waals surface area contributed by atoms with E-state index in [0.29, 0.717) is 32.2 Å². The third-order valence-electron chi connectivity index (χ3n) is 2.22. The zero-order chi connectivity index (χ0) is 13.1. The molecule has 0 radical (unpaired) electrons. The molecule has 17 heavy (non-hydrogen) atoms.